The van der Waals surface area contributed by atoms with Gasteiger partial charge in [0, 0.05) is 29.3 Å². The lowest BCUT2D eigenvalue weighted by molar-refractivity contribution is -0.116. The summed E-state index contributed by atoms with van der Waals surface area (Å²) in [5, 5.41) is 3.59. The van der Waals surface area contributed by atoms with Crippen molar-refractivity contribution in [3.63, 3.8) is 0 Å². The number of thiophene rings is 1. The van der Waals surface area contributed by atoms with E-state index in [2.05, 4.69) is 17.1 Å². The van der Waals surface area contributed by atoms with Crippen LogP contribution in [0.2, 0.25) is 0 Å². The smallest absolute Gasteiger partial charge is 0.341 e. The van der Waals surface area contributed by atoms with Crippen LogP contribution in [0.3, 0.4) is 0 Å². The van der Waals surface area contributed by atoms with Crippen LogP contribution >= 0.6 is 23.1 Å². The van der Waals surface area contributed by atoms with Crippen LogP contribution in [0.25, 0.3) is 0 Å². The van der Waals surface area contributed by atoms with E-state index >= 15 is 0 Å². The second-order valence-electron chi connectivity index (χ2n) is 6.99. The van der Waals surface area contributed by atoms with Gasteiger partial charge in [-0.05, 0) is 55.0 Å². The van der Waals surface area contributed by atoms with Crippen LogP contribution in [-0.2, 0) is 22.5 Å². The largest absolute Gasteiger partial charge is 0.497 e. The number of carbonyl (C=O) groups is 2. The highest BCUT2D eigenvalue weighted by Crippen LogP contribution is 2.37. The first-order valence-electron chi connectivity index (χ1n) is 10.1. The first-order chi connectivity index (χ1) is 14.5. The Bertz CT molecular complexity index is 880. The van der Waals surface area contributed by atoms with Crippen LogP contribution in [0.15, 0.2) is 29.2 Å². The van der Waals surface area contributed by atoms with Crippen molar-refractivity contribution in [3.8, 4) is 5.75 Å². The molecule has 8 heteroatoms. The highest BCUT2D eigenvalue weighted by Gasteiger charge is 2.28. The minimum absolute atomic E-state index is 0.0681. The van der Waals surface area contributed by atoms with Crippen molar-refractivity contribution in [1.82, 2.24) is 4.90 Å². The Balaban J connectivity index is 1.56. The van der Waals surface area contributed by atoms with E-state index in [0.29, 0.717) is 17.0 Å². The summed E-state index contributed by atoms with van der Waals surface area (Å²) in [6.45, 7) is 4.83. The summed E-state index contributed by atoms with van der Waals surface area (Å²) in [7, 11) is 3.03. The lowest BCUT2D eigenvalue weighted by Gasteiger charge is -2.25. The average molecular weight is 449 g/mol. The predicted molar refractivity (Wildman–Crippen MR) is 122 cm³/mol. The van der Waals surface area contributed by atoms with Gasteiger partial charge in [-0.1, -0.05) is 6.92 Å². The monoisotopic (exact) mass is 448 g/mol. The zero-order chi connectivity index (χ0) is 21.5. The number of hydrogen-bond acceptors (Lipinski definition) is 7. The number of ether oxygens (including phenoxy) is 2. The number of amides is 1. The molecule has 1 amide bonds. The number of anilines is 1. The van der Waals surface area contributed by atoms with Gasteiger partial charge in [-0.15, -0.1) is 23.1 Å². The fraction of sp³-hybridized carbons (Fsp3) is 0.455. The highest BCUT2D eigenvalue weighted by atomic mass is 32.2. The molecule has 0 fully saturated rings. The predicted octanol–water partition coefficient (Wildman–Crippen LogP) is 4.43. The Hall–Kier alpha value is -2.03. The Labute approximate surface area is 185 Å². The Morgan fingerprint density at radius 3 is 2.67 bits per heavy atom. The molecule has 0 aliphatic carbocycles. The Morgan fingerprint density at radius 1 is 1.23 bits per heavy atom. The van der Waals surface area contributed by atoms with Crippen LogP contribution in [0.4, 0.5) is 5.00 Å². The summed E-state index contributed by atoms with van der Waals surface area (Å²) in [6, 6.07) is 7.90. The third-order valence-electron chi connectivity index (χ3n) is 5.10. The SMILES string of the molecule is CCN1CCc2c(sc(NC(=O)CCCSc3ccc(OC)cc3)c2C(=O)OC)C1. The number of fused-ring (bicyclic) bond motifs is 1. The fourth-order valence-corrected chi connectivity index (χ4v) is 5.56. The number of hydrogen-bond donors (Lipinski definition) is 1. The number of nitrogens with zero attached hydrogens (tertiary/aromatic N) is 1. The van der Waals surface area contributed by atoms with Crippen molar-refractivity contribution < 1.29 is 19.1 Å². The van der Waals surface area contributed by atoms with Crippen molar-refractivity contribution in [1.29, 1.82) is 0 Å². The quantitative estimate of drug-likeness (QED) is 0.348. The van der Waals surface area contributed by atoms with Crippen LogP contribution in [-0.4, -0.2) is 49.8 Å². The zero-order valence-corrected chi connectivity index (χ0v) is 19.3. The van der Waals surface area contributed by atoms with E-state index in [9.17, 15) is 9.59 Å². The summed E-state index contributed by atoms with van der Waals surface area (Å²) in [4.78, 5) is 29.5. The van der Waals surface area contributed by atoms with Crippen molar-refractivity contribution >= 4 is 40.0 Å². The molecule has 6 nitrogen and oxygen atoms in total. The van der Waals surface area contributed by atoms with Gasteiger partial charge in [-0.25, -0.2) is 4.79 Å². The van der Waals surface area contributed by atoms with Crippen LogP contribution < -0.4 is 10.1 Å². The van der Waals surface area contributed by atoms with E-state index in [-0.39, 0.29) is 11.9 Å². The third kappa shape index (κ3) is 5.56. The van der Waals surface area contributed by atoms with Gasteiger partial charge in [0.1, 0.15) is 10.8 Å². The maximum atomic E-state index is 12.5. The first-order valence-corrected chi connectivity index (χ1v) is 11.9. The molecule has 3 rings (SSSR count). The molecule has 1 aliphatic rings. The standard InChI is InChI=1S/C22H28N2O4S2/c1-4-24-12-11-17-18(14-24)30-21(20(17)22(26)28-3)23-19(25)6-5-13-29-16-9-7-15(27-2)8-10-16/h7-10H,4-6,11-14H2,1-3H3,(H,23,25). The molecule has 30 heavy (non-hydrogen) atoms. The highest BCUT2D eigenvalue weighted by molar-refractivity contribution is 7.99. The van der Waals surface area contributed by atoms with E-state index in [1.165, 1.54) is 18.4 Å². The molecule has 0 bridgehead atoms. The number of carbonyl (C=O) groups excluding carboxylic acids is 2. The summed E-state index contributed by atoms with van der Waals surface area (Å²) < 4.78 is 10.2. The molecule has 162 valence electrons. The number of thioether (sulfide) groups is 1. The molecule has 0 unspecified atom stereocenters. The van der Waals surface area contributed by atoms with Crippen molar-refractivity contribution in [3.05, 3.63) is 40.3 Å². The molecule has 0 spiro atoms. The topological polar surface area (TPSA) is 67.9 Å². The minimum Gasteiger partial charge on any atom is -0.497 e. The van der Waals surface area contributed by atoms with E-state index in [1.54, 1.807) is 18.9 Å². The Kier molecular flexibility index (Phi) is 8.18. The number of likely N-dealkylation sites (N-methyl/N-ethyl adjacent to an activating group) is 1. The molecule has 0 saturated heterocycles. The number of methoxy groups -OCH3 is 2. The molecule has 1 N–H and O–H groups in total. The van der Waals surface area contributed by atoms with Crippen LogP contribution in [0, 0.1) is 0 Å². The van der Waals surface area contributed by atoms with Gasteiger partial charge in [0.25, 0.3) is 0 Å². The number of nitrogens with one attached hydrogen (secondary N) is 1. The molecule has 0 radical (unpaired) electrons. The Morgan fingerprint density at radius 2 is 2.00 bits per heavy atom. The molecule has 1 aromatic carbocycles. The van der Waals surface area contributed by atoms with E-state index < -0.39 is 0 Å². The first kappa shape index (κ1) is 22.7. The summed E-state index contributed by atoms with van der Waals surface area (Å²) in [5.74, 6) is 1.24. The van der Waals surface area contributed by atoms with E-state index in [1.807, 2.05) is 24.3 Å². The van der Waals surface area contributed by atoms with Gasteiger partial charge in [-0.3, -0.25) is 9.69 Å². The average Bonchev–Trinajstić information content (AvgIpc) is 3.13. The van der Waals surface area contributed by atoms with Crippen LogP contribution in [0.1, 0.15) is 40.6 Å². The molecular weight excluding hydrogens is 420 g/mol. The number of rotatable bonds is 9. The fourth-order valence-electron chi connectivity index (χ4n) is 3.42. The summed E-state index contributed by atoms with van der Waals surface area (Å²) in [6.07, 6.45) is 1.97. The normalized spacial score (nSPS) is 13.6. The van der Waals surface area contributed by atoms with Crippen molar-refractivity contribution in [2.24, 2.45) is 0 Å². The lowest BCUT2D eigenvalue weighted by Crippen LogP contribution is -2.29. The number of benzene rings is 1. The molecule has 0 atom stereocenters. The van der Waals surface area contributed by atoms with Crippen molar-refractivity contribution in [2.75, 3.05) is 38.4 Å². The zero-order valence-electron chi connectivity index (χ0n) is 17.7. The third-order valence-corrected chi connectivity index (χ3v) is 7.33. The molecule has 0 saturated carbocycles. The van der Waals surface area contributed by atoms with E-state index in [4.69, 9.17) is 9.47 Å². The second-order valence-corrected chi connectivity index (χ2v) is 9.27. The van der Waals surface area contributed by atoms with Gasteiger partial charge in [0.2, 0.25) is 5.91 Å². The van der Waals surface area contributed by atoms with Crippen LogP contribution in [0.5, 0.6) is 5.75 Å². The maximum absolute atomic E-state index is 12.5. The summed E-state index contributed by atoms with van der Waals surface area (Å²) in [5.41, 5.74) is 1.57. The van der Waals surface area contributed by atoms with Gasteiger partial charge in [0.05, 0.1) is 19.8 Å². The maximum Gasteiger partial charge on any atom is 0.341 e. The molecule has 2 heterocycles. The van der Waals surface area contributed by atoms with Crippen molar-refractivity contribution in [2.45, 2.75) is 37.6 Å². The van der Waals surface area contributed by atoms with Gasteiger partial charge in [0.15, 0.2) is 0 Å². The second kappa shape index (κ2) is 10.8. The molecule has 2 aromatic rings. The van der Waals surface area contributed by atoms with Gasteiger partial charge >= 0.3 is 5.97 Å². The molecular formula is C22H28N2O4S2. The van der Waals surface area contributed by atoms with Gasteiger partial charge < -0.3 is 14.8 Å². The van der Waals surface area contributed by atoms with Gasteiger partial charge in [-0.2, -0.15) is 0 Å². The minimum atomic E-state index is -0.372. The van der Waals surface area contributed by atoms with E-state index in [0.717, 1.165) is 59.3 Å². The lowest BCUT2D eigenvalue weighted by atomic mass is 10.0. The molecule has 1 aliphatic heterocycles. The summed E-state index contributed by atoms with van der Waals surface area (Å²) >= 11 is 3.21. The molecule has 1 aromatic heterocycles. The number of esters is 1.